The van der Waals surface area contributed by atoms with E-state index < -0.39 is 5.97 Å². The van der Waals surface area contributed by atoms with Crippen molar-refractivity contribution in [3.05, 3.63) is 65.2 Å². The van der Waals surface area contributed by atoms with Crippen LogP contribution >= 0.6 is 0 Å². The van der Waals surface area contributed by atoms with E-state index in [1.54, 1.807) is 33.2 Å². The quantitative estimate of drug-likeness (QED) is 0.675. The van der Waals surface area contributed by atoms with Crippen molar-refractivity contribution >= 4 is 17.6 Å². The molecule has 0 atom stereocenters. The Balaban J connectivity index is 1.78. The zero-order chi connectivity index (χ0) is 19.4. The Morgan fingerprint density at radius 2 is 1.78 bits per heavy atom. The molecule has 27 heavy (non-hydrogen) atoms. The van der Waals surface area contributed by atoms with Gasteiger partial charge in [0.2, 0.25) is 0 Å². The van der Waals surface area contributed by atoms with Gasteiger partial charge in [0.1, 0.15) is 5.69 Å². The average Bonchev–Trinajstić information content (AvgIpc) is 2.97. The fourth-order valence-electron chi connectivity index (χ4n) is 2.81. The summed E-state index contributed by atoms with van der Waals surface area (Å²) in [4.78, 5) is 36.2. The largest absolute Gasteiger partial charge is 0.462 e. The lowest BCUT2D eigenvalue weighted by Crippen LogP contribution is -2.14. The highest BCUT2D eigenvalue weighted by atomic mass is 16.5. The first-order chi connectivity index (χ1) is 13.0. The summed E-state index contributed by atoms with van der Waals surface area (Å²) in [6.45, 7) is 5.45. The Morgan fingerprint density at radius 3 is 2.41 bits per heavy atom. The van der Waals surface area contributed by atoms with Gasteiger partial charge >= 0.3 is 5.97 Å². The average molecular weight is 364 g/mol. The number of carbonyl (C=O) groups is 2. The molecule has 0 spiro atoms. The smallest absolute Gasteiger partial charge is 0.340 e. The van der Waals surface area contributed by atoms with Crippen LogP contribution in [0, 0.1) is 13.8 Å². The van der Waals surface area contributed by atoms with Gasteiger partial charge in [-0.15, -0.1) is 0 Å². The second-order valence-electron chi connectivity index (χ2n) is 5.96. The van der Waals surface area contributed by atoms with E-state index in [1.807, 2.05) is 30.3 Å². The molecule has 0 saturated carbocycles. The maximum atomic E-state index is 12.6. The fraction of sp³-hybridized carbons (Fsp3) is 0.200. The summed E-state index contributed by atoms with van der Waals surface area (Å²) in [5.41, 5.74) is 3.19. The fourth-order valence-corrected chi connectivity index (χ4v) is 2.81. The second-order valence-corrected chi connectivity index (χ2v) is 5.96. The third kappa shape index (κ3) is 3.87. The van der Waals surface area contributed by atoms with Gasteiger partial charge < -0.3 is 15.0 Å². The Kier molecular flexibility index (Phi) is 5.30. The molecule has 0 fully saturated rings. The van der Waals surface area contributed by atoms with Crippen LogP contribution < -0.4 is 5.32 Å². The molecular formula is C20H20N4O3. The third-order valence-corrected chi connectivity index (χ3v) is 4.09. The predicted molar refractivity (Wildman–Crippen MR) is 102 cm³/mol. The monoisotopic (exact) mass is 364 g/mol. The number of nitrogens with zero attached hydrogens (tertiary/aromatic N) is 2. The molecule has 1 amide bonds. The van der Waals surface area contributed by atoms with E-state index in [9.17, 15) is 9.59 Å². The van der Waals surface area contributed by atoms with Gasteiger partial charge in [0.25, 0.3) is 5.91 Å². The van der Waals surface area contributed by atoms with Crippen molar-refractivity contribution in [2.24, 2.45) is 0 Å². The van der Waals surface area contributed by atoms with Gasteiger partial charge in [-0.25, -0.2) is 14.8 Å². The number of hydrogen-bond acceptors (Lipinski definition) is 5. The van der Waals surface area contributed by atoms with Gasteiger partial charge in [0.15, 0.2) is 5.82 Å². The highest BCUT2D eigenvalue weighted by Gasteiger charge is 2.23. The van der Waals surface area contributed by atoms with Gasteiger partial charge in [-0.05, 0) is 26.3 Å². The zero-order valence-electron chi connectivity index (χ0n) is 15.4. The maximum Gasteiger partial charge on any atom is 0.340 e. The number of H-pyrrole nitrogens is 1. The number of hydrogen-bond donors (Lipinski definition) is 2. The summed E-state index contributed by atoms with van der Waals surface area (Å²) in [5, 5.41) is 2.74. The van der Waals surface area contributed by atoms with Gasteiger partial charge in [0.05, 0.1) is 30.3 Å². The molecule has 1 aromatic carbocycles. The Bertz CT molecular complexity index is 963. The zero-order valence-corrected chi connectivity index (χ0v) is 15.4. The highest BCUT2D eigenvalue weighted by Crippen LogP contribution is 2.21. The summed E-state index contributed by atoms with van der Waals surface area (Å²) in [5.74, 6) is -0.245. The molecule has 0 saturated heterocycles. The SMILES string of the molecule is CCOC(=O)c1c(C)[nH]c(C(=O)Nc2cnc(-c3ccccc3)nc2)c1C. The topological polar surface area (TPSA) is 97.0 Å². The third-order valence-electron chi connectivity index (χ3n) is 4.09. The van der Waals surface area contributed by atoms with Crippen molar-refractivity contribution in [2.75, 3.05) is 11.9 Å². The molecule has 3 aromatic rings. The summed E-state index contributed by atoms with van der Waals surface area (Å²) in [6, 6.07) is 9.56. The number of aromatic amines is 1. The van der Waals surface area contributed by atoms with E-state index >= 15 is 0 Å². The molecule has 138 valence electrons. The van der Waals surface area contributed by atoms with Gasteiger partial charge in [0, 0.05) is 11.3 Å². The Hall–Kier alpha value is -3.48. The number of nitrogens with one attached hydrogen (secondary N) is 2. The number of anilines is 1. The number of ether oxygens (including phenoxy) is 1. The lowest BCUT2D eigenvalue weighted by atomic mass is 10.1. The number of aryl methyl sites for hydroxylation is 1. The van der Waals surface area contributed by atoms with Crippen molar-refractivity contribution in [3.63, 3.8) is 0 Å². The van der Waals surface area contributed by atoms with Crippen molar-refractivity contribution in [1.82, 2.24) is 15.0 Å². The first kappa shape index (κ1) is 18.3. The normalized spacial score (nSPS) is 10.5. The molecule has 0 aliphatic carbocycles. The van der Waals surface area contributed by atoms with E-state index in [2.05, 4.69) is 20.3 Å². The van der Waals surface area contributed by atoms with E-state index in [-0.39, 0.29) is 12.5 Å². The summed E-state index contributed by atoms with van der Waals surface area (Å²) in [6.07, 6.45) is 3.09. The lowest BCUT2D eigenvalue weighted by molar-refractivity contribution is 0.0525. The number of amides is 1. The van der Waals surface area contributed by atoms with Crippen LogP contribution in [-0.2, 0) is 4.74 Å². The molecule has 0 aliphatic rings. The van der Waals surface area contributed by atoms with Crippen LogP contribution in [0.25, 0.3) is 11.4 Å². The summed E-state index contributed by atoms with van der Waals surface area (Å²) in [7, 11) is 0. The number of carbonyl (C=O) groups excluding carboxylic acids is 2. The molecule has 0 bridgehead atoms. The van der Waals surface area contributed by atoms with E-state index in [0.717, 1.165) is 5.56 Å². The molecule has 7 heteroatoms. The lowest BCUT2D eigenvalue weighted by Gasteiger charge is -2.06. The van der Waals surface area contributed by atoms with Crippen LogP contribution in [0.1, 0.15) is 39.0 Å². The maximum absolute atomic E-state index is 12.6. The van der Waals surface area contributed by atoms with Gasteiger partial charge in [-0.2, -0.15) is 0 Å². The van der Waals surface area contributed by atoms with Crippen molar-refractivity contribution in [2.45, 2.75) is 20.8 Å². The number of benzene rings is 1. The summed E-state index contributed by atoms with van der Waals surface area (Å²) < 4.78 is 5.05. The van der Waals surface area contributed by atoms with E-state index in [1.165, 1.54) is 0 Å². The Morgan fingerprint density at radius 1 is 1.11 bits per heavy atom. The molecular weight excluding hydrogens is 344 g/mol. The van der Waals surface area contributed by atoms with E-state index in [0.29, 0.717) is 34.0 Å². The van der Waals surface area contributed by atoms with Crippen LogP contribution in [0.2, 0.25) is 0 Å². The van der Waals surface area contributed by atoms with Gasteiger partial charge in [-0.3, -0.25) is 4.79 Å². The number of aromatic nitrogens is 3. The molecule has 0 radical (unpaired) electrons. The minimum atomic E-state index is -0.446. The van der Waals surface area contributed by atoms with Crippen molar-refractivity contribution < 1.29 is 14.3 Å². The minimum absolute atomic E-state index is 0.273. The Labute approximate surface area is 156 Å². The van der Waals surface area contributed by atoms with Crippen LogP contribution in [0.15, 0.2) is 42.7 Å². The van der Waals surface area contributed by atoms with Crippen molar-refractivity contribution in [3.8, 4) is 11.4 Å². The standard InChI is InChI=1S/C20H20N4O3/c1-4-27-20(26)16-12(2)17(23-13(16)3)19(25)24-15-10-21-18(22-11-15)14-8-6-5-7-9-14/h5-11,23H,4H2,1-3H3,(H,24,25). The molecule has 2 N–H and O–H groups in total. The number of rotatable bonds is 5. The van der Waals surface area contributed by atoms with Crippen LogP contribution in [-0.4, -0.2) is 33.4 Å². The highest BCUT2D eigenvalue weighted by molar-refractivity contribution is 6.06. The first-order valence-corrected chi connectivity index (χ1v) is 8.56. The van der Waals surface area contributed by atoms with Gasteiger partial charge in [-0.1, -0.05) is 30.3 Å². The predicted octanol–water partition coefficient (Wildman–Crippen LogP) is 3.52. The molecule has 7 nitrogen and oxygen atoms in total. The molecule has 2 aromatic heterocycles. The van der Waals surface area contributed by atoms with E-state index in [4.69, 9.17) is 4.74 Å². The van der Waals surface area contributed by atoms with Crippen LogP contribution in [0.5, 0.6) is 0 Å². The number of esters is 1. The van der Waals surface area contributed by atoms with Crippen LogP contribution in [0.4, 0.5) is 5.69 Å². The molecule has 0 unspecified atom stereocenters. The first-order valence-electron chi connectivity index (χ1n) is 8.56. The second kappa shape index (κ2) is 7.82. The van der Waals surface area contributed by atoms with Crippen molar-refractivity contribution in [1.29, 1.82) is 0 Å². The molecule has 3 rings (SSSR count). The molecule has 2 heterocycles. The summed E-state index contributed by atoms with van der Waals surface area (Å²) >= 11 is 0. The molecule has 0 aliphatic heterocycles. The van der Waals surface area contributed by atoms with Crippen LogP contribution in [0.3, 0.4) is 0 Å². The minimum Gasteiger partial charge on any atom is -0.462 e.